The second-order valence-corrected chi connectivity index (χ2v) is 7.08. The molecule has 1 aromatic heterocycles. The molecule has 0 saturated heterocycles. The predicted octanol–water partition coefficient (Wildman–Crippen LogP) is 4.55. The molecule has 0 fully saturated rings. The maximum atomic E-state index is 14.6. The van der Waals surface area contributed by atoms with Gasteiger partial charge in [0, 0.05) is 18.7 Å². The molecule has 0 unspecified atom stereocenters. The van der Waals surface area contributed by atoms with Gasteiger partial charge in [-0.05, 0) is 39.3 Å². The van der Waals surface area contributed by atoms with Crippen molar-refractivity contribution in [2.24, 2.45) is 0 Å². The quantitative estimate of drug-likeness (QED) is 0.680. The fraction of sp³-hybridized carbons (Fsp3) is 0.474. The predicted molar refractivity (Wildman–Crippen MR) is 102 cm³/mol. The Bertz CT molecular complexity index is 844. The fourth-order valence-electron chi connectivity index (χ4n) is 2.15. The van der Waals surface area contributed by atoms with Crippen molar-refractivity contribution in [1.82, 2.24) is 10.3 Å². The number of hydrogen-bond acceptors (Lipinski definition) is 6. The second kappa shape index (κ2) is 9.38. The molecule has 154 valence electrons. The summed E-state index contributed by atoms with van der Waals surface area (Å²) in [6.45, 7) is 7.38. The monoisotopic (exact) mass is 397 g/mol. The molecule has 0 aliphatic rings. The first-order valence-corrected chi connectivity index (χ1v) is 8.94. The number of rotatable bonds is 8. The second-order valence-electron chi connectivity index (χ2n) is 7.08. The van der Waals surface area contributed by atoms with Crippen LogP contribution in [-0.2, 0) is 4.74 Å². The third kappa shape index (κ3) is 6.11. The molecule has 0 atom stereocenters. The number of carbonyl (C=O) groups is 1. The number of ether oxygens (including phenoxy) is 2. The number of benzene rings is 1. The van der Waals surface area contributed by atoms with Gasteiger partial charge in [0.05, 0.1) is 6.33 Å². The Kier molecular flexibility index (Phi) is 7.19. The summed E-state index contributed by atoms with van der Waals surface area (Å²) in [7, 11) is 0. The van der Waals surface area contributed by atoms with Gasteiger partial charge in [0.2, 0.25) is 5.82 Å². The highest BCUT2D eigenvalue weighted by molar-refractivity contribution is 5.77. The number of fused-ring (bicyclic) bond motifs is 1. The minimum absolute atomic E-state index is 0.0474. The third-order valence-electron chi connectivity index (χ3n) is 3.41. The van der Waals surface area contributed by atoms with Crippen molar-refractivity contribution in [3.8, 4) is 5.75 Å². The van der Waals surface area contributed by atoms with Crippen LogP contribution in [0.1, 0.15) is 34.1 Å². The Hall–Kier alpha value is -2.84. The Morgan fingerprint density at radius 2 is 2.11 bits per heavy atom. The Balaban J connectivity index is 1.97. The molecular weight excluding hydrogens is 372 g/mol. The SMILES string of the molecule is CCCNc1nc2ccc(OCC(=CF)CNC(=O)OC(C)(C)C)c(F)c2o1. The molecule has 2 aromatic rings. The number of carbonyl (C=O) groups excluding carboxylic acids is 1. The summed E-state index contributed by atoms with van der Waals surface area (Å²) in [6, 6.07) is 3.16. The van der Waals surface area contributed by atoms with E-state index in [-0.39, 0.29) is 36.1 Å². The molecule has 2 rings (SSSR count). The van der Waals surface area contributed by atoms with Crippen molar-refractivity contribution in [1.29, 1.82) is 0 Å². The summed E-state index contributed by atoms with van der Waals surface area (Å²) in [6.07, 6.45) is 0.480. The zero-order chi connectivity index (χ0) is 20.7. The van der Waals surface area contributed by atoms with Crippen LogP contribution in [-0.4, -0.2) is 36.4 Å². The van der Waals surface area contributed by atoms with Crippen molar-refractivity contribution >= 4 is 23.2 Å². The van der Waals surface area contributed by atoms with Gasteiger partial charge in [0.25, 0.3) is 6.01 Å². The van der Waals surface area contributed by atoms with E-state index < -0.39 is 17.5 Å². The lowest BCUT2D eigenvalue weighted by Gasteiger charge is -2.20. The molecule has 1 aromatic carbocycles. The normalized spacial score (nSPS) is 12.1. The number of nitrogens with zero attached hydrogens (tertiary/aromatic N) is 1. The van der Waals surface area contributed by atoms with Crippen LogP contribution in [0.4, 0.5) is 19.6 Å². The van der Waals surface area contributed by atoms with E-state index >= 15 is 0 Å². The molecule has 7 nitrogen and oxygen atoms in total. The highest BCUT2D eigenvalue weighted by Crippen LogP contribution is 2.28. The number of nitrogens with one attached hydrogen (secondary N) is 2. The summed E-state index contributed by atoms with van der Waals surface area (Å²) < 4.78 is 43.4. The maximum Gasteiger partial charge on any atom is 0.407 e. The maximum absolute atomic E-state index is 14.6. The van der Waals surface area contributed by atoms with Gasteiger partial charge in [-0.25, -0.2) is 9.18 Å². The van der Waals surface area contributed by atoms with Crippen molar-refractivity contribution in [2.45, 2.75) is 39.7 Å². The number of aromatic nitrogens is 1. The first-order valence-electron chi connectivity index (χ1n) is 8.94. The molecule has 1 heterocycles. The van der Waals surface area contributed by atoms with Crippen LogP contribution < -0.4 is 15.4 Å². The Labute approximate surface area is 162 Å². The molecule has 0 spiro atoms. The van der Waals surface area contributed by atoms with Crippen LogP contribution in [0.3, 0.4) is 0 Å². The molecule has 28 heavy (non-hydrogen) atoms. The standard InChI is InChI=1S/C19H25F2N3O4/c1-5-8-22-17-24-13-6-7-14(15(21)16(13)27-17)26-11-12(9-20)10-23-18(25)28-19(2,3)4/h6-7,9H,5,8,10-11H2,1-4H3,(H,22,24)(H,23,25). The van der Waals surface area contributed by atoms with Gasteiger partial charge < -0.3 is 24.5 Å². The summed E-state index contributed by atoms with van der Waals surface area (Å²) >= 11 is 0. The van der Waals surface area contributed by atoms with Crippen LogP contribution in [0.15, 0.2) is 28.5 Å². The highest BCUT2D eigenvalue weighted by Gasteiger charge is 2.17. The van der Waals surface area contributed by atoms with Gasteiger partial charge in [-0.3, -0.25) is 0 Å². The van der Waals surface area contributed by atoms with Gasteiger partial charge in [-0.15, -0.1) is 0 Å². The van der Waals surface area contributed by atoms with E-state index in [1.807, 2.05) is 6.92 Å². The minimum atomic E-state index is -0.729. The van der Waals surface area contributed by atoms with Gasteiger partial charge in [-0.1, -0.05) is 6.92 Å². The topological polar surface area (TPSA) is 85.6 Å². The van der Waals surface area contributed by atoms with Crippen molar-refractivity contribution in [3.63, 3.8) is 0 Å². The molecule has 0 aliphatic carbocycles. The highest BCUT2D eigenvalue weighted by atomic mass is 19.1. The smallest absolute Gasteiger partial charge is 0.407 e. The lowest BCUT2D eigenvalue weighted by Crippen LogP contribution is -2.34. The summed E-state index contributed by atoms with van der Waals surface area (Å²) in [5.41, 5.74) is -0.265. The van der Waals surface area contributed by atoms with E-state index in [4.69, 9.17) is 13.9 Å². The van der Waals surface area contributed by atoms with Gasteiger partial charge in [0.15, 0.2) is 11.3 Å². The number of hydrogen-bond donors (Lipinski definition) is 2. The van der Waals surface area contributed by atoms with E-state index in [2.05, 4.69) is 15.6 Å². The third-order valence-corrected chi connectivity index (χ3v) is 3.41. The van der Waals surface area contributed by atoms with Crippen LogP contribution in [0.25, 0.3) is 11.1 Å². The van der Waals surface area contributed by atoms with Crippen LogP contribution in [0.5, 0.6) is 5.75 Å². The van der Waals surface area contributed by atoms with E-state index in [9.17, 15) is 13.6 Å². The molecule has 0 aliphatic heterocycles. The lowest BCUT2D eigenvalue weighted by atomic mass is 10.2. The largest absolute Gasteiger partial charge is 0.486 e. The molecule has 2 N–H and O–H groups in total. The van der Waals surface area contributed by atoms with Crippen molar-refractivity contribution in [2.75, 3.05) is 25.0 Å². The molecule has 0 radical (unpaired) electrons. The molecule has 1 amide bonds. The Morgan fingerprint density at radius 3 is 2.75 bits per heavy atom. The van der Waals surface area contributed by atoms with Gasteiger partial charge >= 0.3 is 6.09 Å². The average molecular weight is 397 g/mol. The number of halogens is 2. The number of anilines is 1. The van der Waals surface area contributed by atoms with Crippen LogP contribution >= 0.6 is 0 Å². The van der Waals surface area contributed by atoms with E-state index in [0.717, 1.165) is 6.42 Å². The number of oxazole rings is 1. The van der Waals surface area contributed by atoms with Gasteiger partial charge in [-0.2, -0.15) is 9.37 Å². The Morgan fingerprint density at radius 1 is 1.36 bits per heavy atom. The van der Waals surface area contributed by atoms with E-state index in [1.165, 1.54) is 6.07 Å². The van der Waals surface area contributed by atoms with Crippen LogP contribution in [0, 0.1) is 5.82 Å². The molecule has 0 saturated carbocycles. The van der Waals surface area contributed by atoms with E-state index in [0.29, 0.717) is 18.4 Å². The minimum Gasteiger partial charge on any atom is -0.486 e. The number of amides is 1. The lowest BCUT2D eigenvalue weighted by molar-refractivity contribution is 0.0531. The molecular formula is C19H25F2N3O4. The van der Waals surface area contributed by atoms with Crippen molar-refractivity contribution in [3.05, 3.63) is 29.9 Å². The first-order chi connectivity index (χ1) is 13.2. The zero-order valence-electron chi connectivity index (χ0n) is 16.4. The molecule has 9 heteroatoms. The average Bonchev–Trinajstić information content (AvgIpc) is 3.04. The fourth-order valence-corrected chi connectivity index (χ4v) is 2.15. The first kappa shape index (κ1) is 21.5. The number of alkyl carbamates (subject to hydrolysis) is 1. The van der Waals surface area contributed by atoms with Crippen LogP contribution in [0.2, 0.25) is 0 Å². The summed E-state index contributed by atoms with van der Waals surface area (Å²) in [5.74, 6) is -0.838. The molecule has 0 bridgehead atoms. The van der Waals surface area contributed by atoms with Crippen molar-refractivity contribution < 1.29 is 27.5 Å². The van der Waals surface area contributed by atoms with E-state index in [1.54, 1.807) is 26.8 Å². The van der Waals surface area contributed by atoms with Gasteiger partial charge in [0.1, 0.15) is 17.7 Å². The summed E-state index contributed by atoms with van der Waals surface area (Å²) in [4.78, 5) is 15.8. The summed E-state index contributed by atoms with van der Waals surface area (Å²) in [5, 5.41) is 5.35. The zero-order valence-corrected chi connectivity index (χ0v) is 16.4.